The smallest absolute Gasteiger partial charge is 0.117 e. The molecule has 1 fully saturated rings. The minimum Gasteiger partial charge on any atom is -0.468 e. The second kappa shape index (κ2) is 6.92. The molecule has 0 amide bonds. The quantitative estimate of drug-likeness (QED) is 0.838. The fourth-order valence-electron chi connectivity index (χ4n) is 2.50. The summed E-state index contributed by atoms with van der Waals surface area (Å²) in [4.78, 5) is 2.53. The van der Waals surface area contributed by atoms with Crippen LogP contribution in [-0.4, -0.2) is 43.8 Å². The second-order valence-electron chi connectivity index (χ2n) is 5.03. The van der Waals surface area contributed by atoms with E-state index >= 15 is 0 Å². The molecular weight excluding hydrogens is 228 g/mol. The lowest BCUT2D eigenvalue weighted by atomic mass is 10.1. The number of nitrogens with zero attached hydrogens (tertiary/aromatic N) is 1. The summed E-state index contributed by atoms with van der Waals surface area (Å²) >= 11 is 0. The van der Waals surface area contributed by atoms with Crippen molar-refractivity contribution in [2.24, 2.45) is 0 Å². The Labute approximate surface area is 109 Å². The van der Waals surface area contributed by atoms with Crippen LogP contribution in [0.1, 0.15) is 25.5 Å². The van der Waals surface area contributed by atoms with Crippen LogP contribution in [0.5, 0.6) is 0 Å². The zero-order valence-corrected chi connectivity index (χ0v) is 11.4. The molecule has 1 saturated heterocycles. The van der Waals surface area contributed by atoms with Gasteiger partial charge in [-0.25, -0.2) is 0 Å². The van der Waals surface area contributed by atoms with Gasteiger partial charge in [-0.15, -0.1) is 0 Å². The van der Waals surface area contributed by atoms with Crippen molar-refractivity contribution < 1.29 is 9.15 Å². The van der Waals surface area contributed by atoms with Crippen LogP contribution >= 0.6 is 0 Å². The van der Waals surface area contributed by atoms with Gasteiger partial charge in [-0.05, 0) is 31.9 Å². The molecule has 1 unspecified atom stereocenters. The predicted octanol–water partition coefficient (Wildman–Crippen LogP) is 1.87. The number of hydrogen-bond acceptors (Lipinski definition) is 4. The number of likely N-dealkylation sites (tertiary alicyclic amines) is 1. The Balaban J connectivity index is 1.64. The van der Waals surface area contributed by atoms with Crippen molar-refractivity contribution in [3.05, 3.63) is 24.2 Å². The molecule has 1 aromatic rings. The van der Waals surface area contributed by atoms with Crippen molar-refractivity contribution in [2.75, 3.05) is 26.7 Å². The van der Waals surface area contributed by atoms with E-state index in [-0.39, 0.29) is 0 Å². The fourth-order valence-corrected chi connectivity index (χ4v) is 2.50. The highest BCUT2D eigenvalue weighted by Crippen LogP contribution is 2.14. The van der Waals surface area contributed by atoms with Crippen molar-refractivity contribution in [3.63, 3.8) is 0 Å². The van der Waals surface area contributed by atoms with E-state index in [1.807, 2.05) is 19.2 Å². The van der Waals surface area contributed by atoms with Crippen molar-refractivity contribution >= 4 is 0 Å². The van der Waals surface area contributed by atoms with E-state index in [0.717, 1.165) is 44.8 Å². The highest BCUT2D eigenvalue weighted by molar-refractivity contribution is 4.97. The first kappa shape index (κ1) is 13.6. The van der Waals surface area contributed by atoms with Crippen molar-refractivity contribution in [1.82, 2.24) is 10.2 Å². The van der Waals surface area contributed by atoms with Gasteiger partial charge in [0.2, 0.25) is 0 Å². The molecule has 1 aromatic heterocycles. The van der Waals surface area contributed by atoms with Crippen LogP contribution in [0.4, 0.5) is 0 Å². The van der Waals surface area contributed by atoms with Gasteiger partial charge in [-0.3, -0.25) is 4.90 Å². The van der Waals surface area contributed by atoms with Crippen molar-refractivity contribution in [1.29, 1.82) is 0 Å². The molecule has 4 nitrogen and oxygen atoms in total. The van der Waals surface area contributed by atoms with E-state index < -0.39 is 0 Å². The van der Waals surface area contributed by atoms with Crippen LogP contribution < -0.4 is 5.32 Å². The summed E-state index contributed by atoms with van der Waals surface area (Å²) in [7, 11) is 1.81. The first-order valence-corrected chi connectivity index (χ1v) is 6.79. The van der Waals surface area contributed by atoms with Gasteiger partial charge in [-0.2, -0.15) is 0 Å². The van der Waals surface area contributed by atoms with Crippen LogP contribution in [0.25, 0.3) is 0 Å². The van der Waals surface area contributed by atoms with E-state index in [4.69, 9.17) is 9.15 Å². The Morgan fingerprint density at radius 2 is 2.28 bits per heavy atom. The molecule has 1 aliphatic rings. The summed E-state index contributed by atoms with van der Waals surface area (Å²) in [5.74, 6) is 1.00. The third kappa shape index (κ3) is 3.83. The summed E-state index contributed by atoms with van der Waals surface area (Å²) < 4.78 is 10.7. The molecule has 0 radical (unpaired) electrons. The van der Waals surface area contributed by atoms with Gasteiger partial charge in [0.1, 0.15) is 5.76 Å². The third-order valence-electron chi connectivity index (χ3n) is 3.75. The number of piperidine rings is 1. The van der Waals surface area contributed by atoms with Gasteiger partial charge in [0.25, 0.3) is 0 Å². The second-order valence-corrected chi connectivity index (χ2v) is 5.03. The summed E-state index contributed by atoms with van der Waals surface area (Å²) in [6.45, 7) is 6.37. The zero-order valence-electron chi connectivity index (χ0n) is 11.4. The van der Waals surface area contributed by atoms with E-state index in [9.17, 15) is 0 Å². The maximum absolute atomic E-state index is 5.39. The van der Waals surface area contributed by atoms with Crippen LogP contribution in [0.15, 0.2) is 22.8 Å². The van der Waals surface area contributed by atoms with Crippen LogP contribution in [0, 0.1) is 0 Å². The highest BCUT2D eigenvalue weighted by atomic mass is 16.5. The molecular formula is C14H24N2O2. The topological polar surface area (TPSA) is 37.6 Å². The number of nitrogens with one attached hydrogen (secondary N) is 1. The summed E-state index contributed by atoms with van der Waals surface area (Å²) in [6.07, 6.45) is 4.48. The van der Waals surface area contributed by atoms with Crippen molar-refractivity contribution in [2.45, 2.75) is 38.5 Å². The number of ether oxygens (including phenoxy) is 1. The Bertz CT molecular complexity index is 319. The molecule has 0 aromatic carbocycles. The van der Waals surface area contributed by atoms with Crippen LogP contribution in [0.2, 0.25) is 0 Å². The molecule has 18 heavy (non-hydrogen) atoms. The lowest BCUT2D eigenvalue weighted by Gasteiger charge is -2.35. The Morgan fingerprint density at radius 1 is 1.50 bits per heavy atom. The summed E-state index contributed by atoms with van der Waals surface area (Å²) in [6, 6.07) is 4.50. The highest BCUT2D eigenvalue weighted by Gasteiger charge is 2.21. The minimum atomic E-state index is 0.463. The monoisotopic (exact) mass is 252 g/mol. The zero-order chi connectivity index (χ0) is 12.8. The molecule has 102 valence electrons. The molecule has 0 spiro atoms. The molecule has 1 atom stereocenters. The molecule has 1 N–H and O–H groups in total. The first-order chi connectivity index (χ1) is 8.79. The van der Waals surface area contributed by atoms with Gasteiger partial charge >= 0.3 is 0 Å². The standard InChI is InChI=1S/C14H24N2O2/c1-12(10-15-11-14-4-3-9-18-14)16-7-5-13(17-2)6-8-16/h3-4,9,12-13,15H,5-8,10-11H2,1-2H3. The molecule has 0 saturated carbocycles. The van der Waals surface area contributed by atoms with Gasteiger partial charge in [0, 0.05) is 32.8 Å². The Hall–Kier alpha value is -0.840. The van der Waals surface area contributed by atoms with E-state index in [2.05, 4.69) is 17.1 Å². The van der Waals surface area contributed by atoms with Crippen LogP contribution in [0.3, 0.4) is 0 Å². The lowest BCUT2D eigenvalue weighted by molar-refractivity contribution is 0.0297. The van der Waals surface area contributed by atoms with Gasteiger partial charge < -0.3 is 14.5 Å². The summed E-state index contributed by atoms with van der Waals surface area (Å²) in [5.41, 5.74) is 0. The van der Waals surface area contributed by atoms with Gasteiger partial charge in [-0.1, -0.05) is 0 Å². The van der Waals surface area contributed by atoms with Gasteiger partial charge in [0.05, 0.1) is 18.9 Å². The largest absolute Gasteiger partial charge is 0.468 e. The number of rotatable bonds is 6. The fraction of sp³-hybridized carbons (Fsp3) is 0.714. The average molecular weight is 252 g/mol. The Kier molecular flexibility index (Phi) is 5.23. The molecule has 0 bridgehead atoms. The molecule has 1 aliphatic heterocycles. The SMILES string of the molecule is COC1CCN(C(C)CNCc2ccco2)CC1. The van der Waals surface area contributed by atoms with E-state index in [1.54, 1.807) is 6.26 Å². The maximum Gasteiger partial charge on any atom is 0.117 e. The number of furan rings is 1. The Morgan fingerprint density at radius 3 is 2.89 bits per heavy atom. The van der Waals surface area contributed by atoms with Crippen LogP contribution in [-0.2, 0) is 11.3 Å². The summed E-state index contributed by atoms with van der Waals surface area (Å²) in [5, 5.41) is 3.44. The normalized spacial score (nSPS) is 20.1. The molecule has 0 aliphatic carbocycles. The average Bonchev–Trinajstić information content (AvgIpc) is 2.92. The van der Waals surface area contributed by atoms with E-state index in [1.165, 1.54) is 0 Å². The number of methoxy groups -OCH3 is 1. The molecule has 2 rings (SSSR count). The van der Waals surface area contributed by atoms with E-state index in [0.29, 0.717) is 12.1 Å². The predicted molar refractivity (Wildman–Crippen MR) is 71.5 cm³/mol. The lowest BCUT2D eigenvalue weighted by Crippen LogP contribution is -2.45. The first-order valence-electron chi connectivity index (χ1n) is 6.79. The van der Waals surface area contributed by atoms with Gasteiger partial charge in [0.15, 0.2) is 0 Å². The molecule has 2 heterocycles. The molecule has 4 heteroatoms. The van der Waals surface area contributed by atoms with Crippen molar-refractivity contribution in [3.8, 4) is 0 Å². The third-order valence-corrected chi connectivity index (χ3v) is 3.75. The maximum atomic E-state index is 5.39. The number of hydrogen-bond donors (Lipinski definition) is 1. The minimum absolute atomic E-state index is 0.463.